The molecule has 0 amide bonds. The summed E-state index contributed by atoms with van der Waals surface area (Å²) in [6.07, 6.45) is 6.88. The van der Waals surface area contributed by atoms with Gasteiger partial charge in [-0.2, -0.15) is 0 Å². The number of fused-ring (bicyclic) bond motifs is 1. The third kappa shape index (κ3) is 1.97. The summed E-state index contributed by atoms with van der Waals surface area (Å²) in [6, 6.07) is 10.1. The molecule has 4 aromatic carbocycles. The van der Waals surface area contributed by atoms with Crippen LogP contribution in [0.4, 0.5) is 0 Å². The van der Waals surface area contributed by atoms with Crippen LogP contribution < -0.4 is 0 Å². The van der Waals surface area contributed by atoms with E-state index in [0.717, 1.165) is 25.7 Å². The van der Waals surface area contributed by atoms with Crippen LogP contribution in [0, 0.1) is 25.7 Å². The van der Waals surface area contributed by atoms with Gasteiger partial charge in [-0.15, -0.1) is 0 Å². The predicted octanol–water partition coefficient (Wildman–Crippen LogP) is 9.03. The molecule has 11 rings (SSSR count). The Balaban J connectivity index is 1.54. The van der Waals surface area contributed by atoms with E-state index in [4.69, 9.17) is 0 Å². The molecule has 0 heterocycles. The molecule has 0 unspecified atom stereocenters. The van der Waals surface area contributed by atoms with Crippen molar-refractivity contribution in [3.8, 4) is 11.1 Å². The summed E-state index contributed by atoms with van der Waals surface area (Å²) in [7, 11) is 0. The van der Waals surface area contributed by atoms with Gasteiger partial charge < -0.3 is 5.11 Å². The monoisotopic (exact) mass is 512 g/mol. The Hall–Kier alpha value is -2.64. The van der Waals surface area contributed by atoms with E-state index < -0.39 is 5.60 Å². The van der Waals surface area contributed by atoms with E-state index in [1.54, 1.807) is 22.3 Å². The molecule has 11 bridgehead atoms. The van der Waals surface area contributed by atoms with E-state index >= 15 is 0 Å². The van der Waals surface area contributed by atoms with Gasteiger partial charge in [-0.3, -0.25) is 0 Å². The Morgan fingerprint density at radius 2 is 1.13 bits per heavy atom. The largest absolute Gasteiger partial charge is 0.379 e. The highest BCUT2D eigenvalue weighted by Crippen LogP contribution is 2.86. The minimum absolute atomic E-state index is 0.0541. The van der Waals surface area contributed by atoms with Crippen LogP contribution in [-0.4, -0.2) is 5.11 Å². The first-order valence-corrected chi connectivity index (χ1v) is 15.7. The third-order valence-electron chi connectivity index (χ3n) is 11.9. The number of aliphatic hydroxyl groups is 1. The Labute approximate surface area is 232 Å². The molecule has 1 heteroatoms. The van der Waals surface area contributed by atoms with E-state index in [-0.39, 0.29) is 10.8 Å². The average Bonchev–Trinajstić information content (AvgIpc) is 2.90. The Bertz CT molecular complexity index is 1740. The standard InChI is InChI=1S/C38H40O/c1-8-13-36-28-16-26-24-14-20(6)30-31-21(7)15-25-23(12-10-19(4)5)33-29(36)17-27(25)35(31)38(39,34(26)30)37(33,36)32(28)22(24)11-9-18(2)3/h14-19,39H,8-13H2,1-7H3. The van der Waals surface area contributed by atoms with Crippen LogP contribution in [0.15, 0.2) is 24.3 Å². The van der Waals surface area contributed by atoms with Crippen LogP contribution in [0.3, 0.4) is 0 Å². The van der Waals surface area contributed by atoms with Crippen LogP contribution in [0.1, 0.15) is 116 Å². The molecule has 4 aromatic rings. The molecule has 198 valence electrons. The van der Waals surface area contributed by atoms with Crippen LogP contribution in [0.2, 0.25) is 0 Å². The molecule has 0 saturated heterocycles. The van der Waals surface area contributed by atoms with Gasteiger partial charge in [0.05, 0.1) is 5.41 Å². The minimum Gasteiger partial charge on any atom is -0.379 e. The maximum atomic E-state index is 13.9. The van der Waals surface area contributed by atoms with Crippen molar-refractivity contribution >= 4 is 21.5 Å². The van der Waals surface area contributed by atoms with Gasteiger partial charge in [0, 0.05) is 16.5 Å². The van der Waals surface area contributed by atoms with Crippen LogP contribution in [0.25, 0.3) is 32.7 Å². The highest BCUT2D eigenvalue weighted by atomic mass is 16.3. The van der Waals surface area contributed by atoms with Crippen LogP contribution in [0.5, 0.6) is 0 Å². The molecule has 0 aliphatic heterocycles. The molecule has 0 radical (unpaired) electrons. The second-order valence-corrected chi connectivity index (χ2v) is 14.6. The fourth-order valence-corrected chi connectivity index (χ4v) is 10.8. The molecule has 1 nitrogen and oxygen atoms in total. The first-order chi connectivity index (χ1) is 18.7. The zero-order valence-electron chi connectivity index (χ0n) is 24.7. The van der Waals surface area contributed by atoms with Gasteiger partial charge in [-0.05, 0) is 147 Å². The van der Waals surface area contributed by atoms with Crippen molar-refractivity contribution in [2.45, 2.75) is 103 Å². The van der Waals surface area contributed by atoms with Gasteiger partial charge in [0.2, 0.25) is 0 Å². The highest BCUT2D eigenvalue weighted by molar-refractivity contribution is 6.14. The summed E-state index contributed by atoms with van der Waals surface area (Å²) in [5, 5.41) is 19.5. The van der Waals surface area contributed by atoms with Gasteiger partial charge in [-0.25, -0.2) is 0 Å². The summed E-state index contributed by atoms with van der Waals surface area (Å²) < 4.78 is 0. The molecule has 7 aliphatic carbocycles. The van der Waals surface area contributed by atoms with Gasteiger partial charge >= 0.3 is 0 Å². The van der Waals surface area contributed by atoms with Crippen molar-refractivity contribution in [2.75, 3.05) is 0 Å². The topological polar surface area (TPSA) is 20.2 Å². The first kappa shape index (κ1) is 23.1. The van der Waals surface area contributed by atoms with Crippen molar-refractivity contribution in [1.29, 1.82) is 0 Å². The predicted molar refractivity (Wildman–Crippen MR) is 162 cm³/mol. The zero-order chi connectivity index (χ0) is 27.0. The SMILES string of the molecule is CCCC12c3cc4c5c6c(C)cc4c(CCC(C)C)c3C13c1c2cc2c(c-6c(C)cc2c1CCC(C)C)C53O. The second-order valence-electron chi connectivity index (χ2n) is 14.6. The molecule has 0 saturated carbocycles. The molecule has 0 fully saturated rings. The fourth-order valence-electron chi connectivity index (χ4n) is 10.8. The third-order valence-corrected chi connectivity index (χ3v) is 11.9. The zero-order valence-corrected chi connectivity index (χ0v) is 24.7. The van der Waals surface area contributed by atoms with Gasteiger partial charge in [0.25, 0.3) is 0 Å². The lowest BCUT2D eigenvalue weighted by Gasteiger charge is -2.73. The summed E-state index contributed by atoms with van der Waals surface area (Å²) in [6.45, 7) is 16.4. The molecule has 1 spiro atoms. The van der Waals surface area contributed by atoms with E-state index in [9.17, 15) is 5.11 Å². The second kappa shape index (κ2) is 6.63. The van der Waals surface area contributed by atoms with Gasteiger partial charge in [0.1, 0.15) is 5.60 Å². The smallest absolute Gasteiger partial charge is 0.132 e. The van der Waals surface area contributed by atoms with Crippen LogP contribution in [-0.2, 0) is 29.3 Å². The summed E-state index contributed by atoms with van der Waals surface area (Å²) in [5.74, 6) is 1.32. The Kier molecular flexibility index (Phi) is 3.93. The van der Waals surface area contributed by atoms with E-state index in [2.05, 4.69) is 72.7 Å². The maximum absolute atomic E-state index is 13.9. The van der Waals surface area contributed by atoms with Crippen molar-refractivity contribution in [2.24, 2.45) is 11.8 Å². The molecule has 1 N–H and O–H groups in total. The molecular formula is C38H40O. The molecule has 0 aromatic heterocycles. The van der Waals surface area contributed by atoms with E-state index in [1.807, 2.05) is 0 Å². The summed E-state index contributed by atoms with van der Waals surface area (Å²) in [4.78, 5) is 0. The highest BCUT2D eigenvalue weighted by Gasteiger charge is 2.84. The maximum Gasteiger partial charge on any atom is 0.132 e. The van der Waals surface area contributed by atoms with Crippen LogP contribution >= 0.6 is 0 Å². The van der Waals surface area contributed by atoms with E-state index in [1.165, 1.54) is 78.9 Å². The summed E-state index contributed by atoms with van der Waals surface area (Å²) in [5.41, 5.74) is 15.9. The lowest BCUT2D eigenvalue weighted by Crippen LogP contribution is -2.75. The number of rotatable bonds is 8. The number of hydrogen-bond acceptors (Lipinski definition) is 1. The molecule has 7 aliphatic rings. The van der Waals surface area contributed by atoms with Crippen molar-refractivity contribution in [3.05, 3.63) is 79.9 Å². The number of hydrogen-bond donors (Lipinski definition) is 1. The average molecular weight is 513 g/mol. The normalized spacial score (nSPS) is 26.8. The lowest BCUT2D eigenvalue weighted by molar-refractivity contribution is -0.0536. The first-order valence-electron chi connectivity index (χ1n) is 15.7. The van der Waals surface area contributed by atoms with Gasteiger partial charge in [0.15, 0.2) is 0 Å². The number of aryl methyl sites for hydroxylation is 4. The van der Waals surface area contributed by atoms with Crippen molar-refractivity contribution in [3.63, 3.8) is 0 Å². The lowest BCUT2D eigenvalue weighted by atomic mass is 9.28. The van der Waals surface area contributed by atoms with E-state index in [0.29, 0.717) is 11.8 Å². The Morgan fingerprint density at radius 3 is 1.54 bits per heavy atom. The summed E-state index contributed by atoms with van der Waals surface area (Å²) >= 11 is 0. The quantitative estimate of drug-likeness (QED) is 0.250. The Morgan fingerprint density at radius 1 is 0.667 bits per heavy atom. The molecular weight excluding hydrogens is 472 g/mol. The number of benzene rings is 4. The fraction of sp³-hybridized carbons (Fsp3) is 0.474. The van der Waals surface area contributed by atoms with Crippen molar-refractivity contribution < 1.29 is 5.11 Å². The molecule has 0 atom stereocenters. The minimum atomic E-state index is -0.976. The molecule has 39 heavy (non-hydrogen) atoms. The van der Waals surface area contributed by atoms with Crippen molar-refractivity contribution in [1.82, 2.24) is 0 Å². The van der Waals surface area contributed by atoms with Gasteiger partial charge in [-0.1, -0.05) is 53.2 Å².